The van der Waals surface area contributed by atoms with E-state index in [0.29, 0.717) is 6.04 Å². The average Bonchev–Trinajstić information content (AvgIpc) is 1.93. The standard InChI is InChI=1S/C8H18N2/c1-7-5-8(9)3-4-10(2)6-7/h7-8H,3-6,9H2,1-2H3. The second-order valence-electron chi connectivity index (χ2n) is 3.65. The Balaban J connectivity index is 2.38. The van der Waals surface area contributed by atoms with Gasteiger partial charge in [-0.05, 0) is 32.4 Å². The van der Waals surface area contributed by atoms with Gasteiger partial charge in [-0.3, -0.25) is 0 Å². The molecule has 0 aliphatic carbocycles. The lowest BCUT2D eigenvalue weighted by Crippen LogP contribution is -2.23. The van der Waals surface area contributed by atoms with E-state index in [1.165, 1.54) is 25.9 Å². The molecular weight excluding hydrogens is 124 g/mol. The molecule has 0 amide bonds. The highest BCUT2D eigenvalue weighted by atomic mass is 15.1. The van der Waals surface area contributed by atoms with E-state index in [0.717, 1.165) is 5.92 Å². The largest absolute Gasteiger partial charge is 0.328 e. The van der Waals surface area contributed by atoms with Crippen molar-refractivity contribution in [2.24, 2.45) is 11.7 Å². The quantitative estimate of drug-likeness (QED) is 0.539. The fraction of sp³-hybridized carbons (Fsp3) is 1.00. The zero-order valence-electron chi connectivity index (χ0n) is 7.01. The van der Waals surface area contributed by atoms with Gasteiger partial charge < -0.3 is 10.6 Å². The highest BCUT2D eigenvalue weighted by Crippen LogP contribution is 2.13. The smallest absolute Gasteiger partial charge is 0.00540 e. The van der Waals surface area contributed by atoms with Crippen molar-refractivity contribution in [3.63, 3.8) is 0 Å². The average molecular weight is 142 g/mol. The van der Waals surface area contributed by atoms with Crippen LogP contribution in [0.15, 0.2) is 0 Å². The highest BCUT2D eigenvalue weighted by molar-refractivity contribution is 4.73. The maximum absolute atomic E-state index is 5.86. The predicted octanol–water partition coefficient (Wildman–Crippen LogP) is 0.675. The molecule has 1 saturated heterocycles. The predicted molar refractivity (Wildman–Crippen MR) is 43.9 cm³/mol. The molecule has 1 rings (SSSR count). The van der Waals surface area contributed by atoms with Crippen molar-refractivity contribution in [2.75, 3.05) is 20.1 Å². The fourth-order valence-electron chi connectivity index (χ4n) is 1.72. The Hall–Kier alpha value is -0.0800. The second kappa shape index (κ2) is 3.35. The first-order chi connectivity index (χ1) is 4.68. The molecular formula is C8H18N2. The van der Waals surface area contributed by atoms with Gasteiger partial charge in [0.25, 0.3) is 0 Å². The Kier molecular flexibility index (Phi) is 2.69. The van der Waals surface area contributed by atoms with Crippen LogP contribution in [-0.2, 0) is 0 Å². The zero-order chi connectivity index (χ0) is 7.56. The van der Waals surface area contributed by atoms with Gasteiger partial charge in [0, 0.05) is 12.6 Å². The number of hydrogen-bond acceptors (Lipinski definition) is 2. The van der Waals surface area contributed by atoms with E-state index in [4.69, 9.17) is 5.73 Å². The van der Waals surface area contributed by atoms with Crippen molar-refractivity contribution in [3.8, 4) is 0 Å². The van der Waals surface area contributed by atoms with Crippen molar-refractivity contribution in [3.05, 3.63) is 0 Å². The molecule has 1 aliphatic heterocycles. The van der Waals surface area contributed by atoms with Gasteiger partial charge in [0.05, 0.1) is 0 Å². The van der Waals surface area contributed by atoms with Crippen LogP contribution in [0, 0.1) is 5.92 Å². The van der Waals surface area contributed by atoms with Gasteiger partial charge in [0.1, 0.15) is 0 Å². The molecule has 2 unspecified atom stereocenters. The van der Waals surface area contributed by atoms with E-state index < -0.39 is 0 Å². The highest BCUT2D eigenvalue weighted by Gasteiger charge is 2.15. The van der Waals surface area contributed by atoms with Crippen LogP contribution in [-0.4, -0.2) is 31.1 Å². The minimum absolute atomic E-state index is 0.444. The molecule has 2 atom stereocenters. The third-order valence-electron chi connectivity index (χ3n) is 2.21. The molecule has 0 radical (unpaired) electrons. The van der Waals surface area contributed by atoms with Crippen molar-refractivity contribution in [1.82, 2.24) is 4.90 Å². The molecule has 10 heavy (non-hydrogen) atoms. The Morgan fingerprint density at radius 3 is 2.90 bits per heavy atom. The molecule has 0 bridgehead atoms. The number of rotatable bonds is 0. The van der Waals surface area contributed by atoms with Crippen molar-refractivity contribution < 1.29 is 0 Å². The first-order valence-corrected chi connectivity index (χ1v) is 4.12. The molecule has 1 fully saturated rings. The Morgan fingerprint density at radius 1 is 1.50 bits per heavy atom. The first-order valence-electron chi connectivity index (χ1n) is 4.12. The lowest BCUT2D eigenvalue weighted by molar-refractivity contribution is 0.310. The van der Waals surface area contributed by atoms with Gasteiger partial charge in [0.15, 0.2) is 0 Å². The summed E-state index contributed by atoms with van der Waals surface area (Å²) >= 11 is 0. The minimum atomic E-state index is 0.444. The van der Waals surface area contributed by atoms with E-state index in [1.54, 1.807) is 0 Å². The van der Waals surface area contributed by atoms with E-state index in [-0.39, 0.29) is 0 Å². The van der Waals surface area contributed by atoms with Gasteiger partial charge >= 0.3 is 0 Å². The van der Waals surface area contributed by atoms with Crippen LogP contribution in [0.5, 0.6) is 0 Å². The number of hydrogen-bond donors (Lipinski definition) is 1. The Morgan fingerprint density at radius 2 is 2.20 bits per heavy atom. The third kappa shape index (κ3) is 2.27. The van der Waals surface area contributed by atoms with Gasteiger partial charge in [-0.1, -0.05) is 6.92 Å². The molecule has 1 aliphatic rings. The molecule has 0 aromatic rings. The van der Waals surface area contributed by atoms with Crippen LogP contribution >= 0.6 is 0 Å². The van der Waals surface area contributed by atoms with E-state index in [1.807, 2.05) is 0 Å². The molecule has 0 aromatic carbocycles. The van der Waals surface area contributed by atoms with Gasteiger partial charge in [0.2, 0.25) is 0 Å². The summed E-state index contributed by atoms with van der Waals surface area (Å²) in [6.45, 7) is 4.67. The fourth-order valence-corrected chi connectivity index (χ4v) is 1.72. The Bertz CT molecular complexity index is 91.4. The molecule has 0 aromatic heterocycles. The van der Waals surface area contributed by atoms with Gasteiger partial charge in [-0.25, -0.2) is 0 Å². The third-order valence-corrected chi connectivity index (χ3v) is 2.21. The maximum atomic E-state index is 5.86. The van der Waals surface area contributed by atoms with Crippen LogP contribution in [0.1, 0.15) is 19.8 Å². The maximum Gasteiger partial charge on any atom is 0.00540 e. The molecule has 0 spiro atoms. The van der Waals surface area contributed by atoms with E-state index in [2.05, 4.69) is 18.9 Å². The second-order valence-corrected chi connectivity index (χ2v) is 3.65. The Labute approximate surface area is 63.4 Å². The molecule has 2 N–H and O–H groups in total. The SMILES string of the molecule is CC1CC(N)CCN(C)C1. The molecule has 2 heteroatoms. The van der Waals surface area contributed by atoms with Crippen LogP contribution in [0.4, 0.5) is 0 Å². The lowest BCUT2D eigenvalue weighted by Gasteiger charge is -2.15. The molecule has 2 nitrogen and oxygen atoms in total. The molecule has 60 valence electrons. The lowest BCUT2D eigenvalue weighted by atomic mass is 10.0. The topological polar surface area (TPSA) is 29.3 Å². The number of nitrogens with two attached hydrogens (primary N) is 1. The summed E-state index contributed by atoms with van der Waals surface area (Å²) in [6, 6.07) is 0.444. The van der Waals surface area contributed by atoms with E-state index >= 15 is 0 Å². The van der Waals surface area contributed by atoms with Gasteiger partial charge in [-0.2, -0.15) is 0 Å². The monoisotopic (exact) mass is 142 g/mol. The van der Waals surface area contributed by atoms with Crippen molar-refractivity contribution in [2.45, 2.75) is 25.8 Å². The summed E-state index contributed by atoms with van der Waals surface area (Å²) in [7, 11) is 2.18. The van der Waals surface area contributed by atoms with Crippen LogP contribution in [0.3, 0.4) is 0 Å². The van der Waals surface area contributed by atoms with Crippen LogP contribution in [0.2, 0.25) is 0 Å². The molecule has 1 heterocycles. The summed E-state index contributed by atoms with van der Waals surface area (Å²) in [4.78, 5) is 2.37. The summed E-state index contributed by atoms with van der Waals surface area (Å²) in [6.07, 6.45) is 2.37. The normalized spacial score (nSPS) is 37.5. The summed E-state index contributed by atoms with van der Waals surface area (Å²) in [5.41, 5.74) is 5.86. The molecule has 0 saturated carbocycles. The van der Waals surface area contributed by atoms with Crippen molar-refractivity contribution >= 4 is 0 Å². The first kappa shape index (κ1) is 8.02. The summed E-state index contributed by atoms with van der Waals surface area (Å²) in [5, 5.41) is 0. The number of likely N-dealkylation sites (tertiary alicyclic amines) is 1. The summed E-state index contributed by atoms with van der Waals surface area (Å²) < 4.78 is 0. The van der Waals surface area contributed by atoms with Gasteiger partial charge in [-0.15, -0.1) is 0 Å². The summed E-state index contributed by atoms with van der Waals surface area (Å²) in [5.74, 6) is 0.780. The van der Waals surface area contributed by atoms with Crippen molar-refractivity contribution in [1.29, 1.82) is 0 Å². The van der Waals surface area contributed by atoms with E-state index in [9.17, 15) is 0 Å². The minimum Gasteiger partial charge on any atom is -0.328 e. The van der Waals surface area contributed by atoms with Crippen LogP contribution in [0.25, 0.3) is 0 Å². The zero-order valence-corrected chi connectivity index (χ0v) is 7.01. The number of nitrogens with zero attached hydrogens (tertiary/aromatic N) is 1. The van der Waals surface area contributed by atoms with Crippen LogP contribution < -0.4 is 5.73 Å².